The number of hydrogen-bond donors (Lipinski definition) is 1. The molecule has 0 bridgehead atoms. The monoisotopic (exact) mass is 181 g/mol. The summed E-state index contributed by atoms with van der Waals surface area (Å²) in [5, 5.41) is 13.8. The Bertz CT molecular complexity index is 291. The van der Waals surface area contributed by atoms with Gasteiger partial charge in [-0.15, -0.1) is 5.43 Å². The van der Waals surface area contributed by atoms with Crippen molar-refractivity contribution in [3.8, 4) is 5.75 Å². The Labute approximate surface area is 76.2 Å². The SMILES string of the molecule is COc1ccc(N/N=[N+](/C)[O-])cc1. The molecule has 1 aromatic carbocycles. The number of anilines is 1. The molecule has 0 saturated carbocycles. The molecule has 0 aliphatic carbocycles. The van der Waals surface area contributed by atoms with Gasteiger partial charge in [0.2, 0.25) is 0 Å². The second-order valence-corrected chi connectivity index (χ2v) is 2.40. The maximum atomic E-state index is 10.4. The topological polar surface area (TPSA) is 59.7 Å². The number of rotatable bonds is 3. The van der Waals surface area contributed by atoms with Gasteiger partial charge in [-0.25, -0.2) is 0 Å². The van der Waals surface area contributed by atoms with Crippen LogP contribution in [0.25, 0.3) is 0 Å². The molecule has 0 heterocycles. The first kappa shape index (κ1) is 9.31. The summed E-state index contributed by atoms with van der Waals surface area (Å²) in [6, 6.07) is 7.10. The molecule has 0 aromatic heterocycles. The third-order valence-corrected chi connectivity index (χ3v) is 1.41. The van der Waals surface area contributed by atoms with Crippen LogP contribution in [0.1, 0.15) is 0 Å². The molecule has 1 aromatic rings. The van der Waals surface area contributed by atoms with Crippen molar-refractivity contribution in [2.75, 3.05) is 19.6 Å². The molecule has 1 N–H and O–H groups in total. The van der Waals surface area contributed by atoms with Crippen molar-refractivity contribution in [3.05, 3.63) is 29.5 Å². The highest BCUT2D eigenvalue weighted by atomic mass is 16.5. The van der Waals surface area contributed by atoms with Gasteiger partial charge in [0.05, 0.1) is 12.3 Å². The summed E-state index contributed by atoms with van der Waals surface area (Å²) in [6.45, 7) is 0. The summed E-state index contributed by atoms with van der Waals surface area (Å²) in [6.07, 6.45) is 0. The molecule has 0 aliphatic heterocycles. The highest BCUT2D eigenvalue weighted by molar-refractivity contribution is 5.45. The summed E-state index contributed by atoms with van der Waals surface area (Å²) in [5.41, 5.74) is 3.32. The number of hydrogen-bond acceptors (Lipinski definition) is 3. The van der Waals surface area contributed by atoms with Gasteiger partial charge in [0.1, 0.15) is 18.5 Å². The molecular formula is C8H11N3O2. The summed E-state index contributed by atoms with van der Waals surface area (Å²) in [7, 11) is 2.90. The predicted molar refractivity (Wildman–Crippen MR) is 48.6 cm³/mol. The number of hydroxylamine groups is 1. The van der Waals surface area contributed by atoms with Gasteiger partial charge >= 0.3 is 0 Å². The van der Waals surface area contributed by atoms with E-state index in [1.165, 1.54) is 7.05 Å². The Kier molecular flexibility index (Phi) is 3.08. The summed E-state index contributed by atoms with van der Waals surface area (Å²) >= 11 is 0. The molecule has 0 unspecified atom stereocenters. The van der Waals surface area contributed by atoms with Gasteiger partial charge in [0.15, 0.2) is 0 Å². The molecule has 0 amide bonds. The maximum Gasteiger partial charge on any atom is 0.147 e. The first-order chi connectivity index (χ1) is 6.22. The zero-order valence-electron chi connectivity index (χ0n) is 7.52. The van der Waals surface area contributed by atoms with Crippen LogP contribution in [0, 0.1) is 5.21 Å². The first-order valence-corrected chi connectivity index (χ1v) is 3.74. The van der Waals surface area contributed by atoms with Crippen LogP contribution in [0.15, 0.2) is 29.5 Å². The molecule has 0 atom stereocenters. The van der Waals surface area contributed by atoms with Crippen molar-refractivity contribution < 1.29 is 9.60 Å². The predicted octanol–water partition coefficient (Wildman–Crippen LogP) is 1.61. The van der Waals surface area contributed by atoms with E-state index in [2.05, 4.69) is 10.6 Å². The highest BCUT2D eigenvalue weighted by Gasteiger charge is 1.95. The van der Waals surface area contributed by atoms with Gasteiger partial charge in [-0.1, -0.05) is 0 Å². The average molecular weight is 181 g/mol. The number of nitrogens with one attached hydrogen (secondary N) is 1. The van der Waals surface area contributed by atoms with Crippen LogP contribution in [-0.4, -0.2) is 19.0 Å². The molecule has 0 saturated heterocycles. The van der Waals surface area contributed by atoms with E-state index in [1.807, 2.05) is 0 Å². The van der Waals surface area contributed by atoms with E-state index >= 15 is 0 Å². The van der Waals surface area contributed by atoms with E-state index in [1.54, 1.807) is 31.4 Å². The molecule has 0 radical (unpaired) electrons. The van der Waals surface area contributed by atoms with Crippen molar-refractivity contribution in [2.24, 2.45) is 5.22 Å². The molecule has 5 heteroatoms. The minimum atomic E-state index is 0.449. The van der Waals surface area contributed by atoms with Crippen LogP contribution in [0.5, 0.6) is 5.75 Å². The third-order valence-electron chi connectivity index (χ3n) is 1.41. The molecule has 0 fully saturated rings. The van der Waals surface area contributed by atoms with Crippen molar-refractivity contribution in [1.82, 2.24) is 0 Å². The lowest BCUT2D eigenvalue weighted by molar-refractivity contribution is -0.497. The minimum absolute atomic E-state index is 0.449. The lowest BCUT2D eigenvalue weighted by atomic mass is 10.3. The smallest absolute Gasteiger partial charge is 0.147 e. The number of methoxy groups -OCH3 is 1. The summed E-state index contributed by atoms with van der Waals surface area (Å²) in [5.74, 6) is 0.765. The van der Waals surface area contributed by atoms with E-state index in [9.17, 15) is 5.21 Å². The van der Waals surface area contributed by atoms with Crippen LogP contribution < -0.4 is 10.2 Å². The second kappa shape index (κ2) is 4.30. The molecule has 0 aliphatic rings. The van der Waals surface area contributed by atoms with E-state index in [0.717, 1.165) is 11.4 Å². The van der Waals surface area contributed by atoms with E-state index < -0.39 is 0 Å². The van der Waals surface area contributed by atoms with Crippen molar-refractivity contribution in [1.29, 1.82) is 0 Å². The molecule has 5 nitrogen and oxygen atoms in total. The lowest BCUT2D eigenvalue weighted by Crippen LogP contribution is -1.96. The molecule has 1 rings (SSSR count). The van der Waals surface area contributed by atoms with Crippen LogP contribution in [0.3, 0.4) is 0 Å². The third kappa shape index (κ3) is 2.98. The fraction of sp³-hybridized carbons (Fsp3) is 0.250. The van der Waals surface area contributed by atoms with E-state index in [0.29, 0.717) is 4.86 Å². The average Bonchev–Trinajstić information content (AvgIpc) is 2.15. The zero-order valence-corrected chi connectivity index (χ0v) is 7.52. The van der Waals surface area contributed by atoms with Crippen molar-refractivity contribution in [2.45, 2.75) is 0 Å². The lowest BCUT2D eigenvalue weighted by Gasteiger charge is -1.99. The first-order valence-electron chi connectivity index (χ1n) is 3.74. The van der Waals surface area contributed by atoms with Gasteiger partial charge in [0.25, 0.3) is 0 Å². The fourth-order valence-electron chi connectivity index (χ4n) is 0.794. The minimum Gasteiger partial charge on any atom is -0.696 e. The van der Waals surface area contributed by atoms with Gasteiger partial charge in [-0.05, 0) is 24.3 Å². The summed E-state index contributed by atoms with van der Waals surface area (Å²) in [4.78, 5) is 0.449. The normalized spacial score (nSPS) is 11.1. The Balaban J connectivity index is 2.64. The molecule has 70 valence electrons. The fourth-order valence-corrected chi connectivity index (χ4v) is 0.794. The Morgan fingerprint density at radius 2 is 2.00 bits per heavy atom. The Morgan fingerprint density at radius 1 is 1.38 bits per heavy atom. The Morgan fingerprint density at radius 3 is 2.46 bits per heavy atom. The van der Waals surface area contributed by atoms with Crippen LogP contribution in [0.4, 0.5) is 5.69 Å². The molecular weight excluding hydrogens is 170 g/mol. The quantitative estimate of drug-likeness (QED) is 0.438. The van der Waals surface area contributed by atoms with Gasteiger partial charge in [0, 0.05) is 0 Å². The van der Waals surface area contributed by atoms with Gasteiger partial charge in [-0.2, -0.15) is 4.86 Å². The number of nitrogens with zero attached hydrogens (tertiary/aromatic N) is 2. The maximum absolute atomic E-state index is 10.4. The standard InChI is InChI=1S/C8H11N3O2/c1-11(12)10-9-7-3-5-8(13-2)6-4-7/h3-6,9H,1-2H3/b11-10-. The van der Waals surface area contributed by atoms with Crippen LogP contribution in [0.2, 0.25) is 0 Å². The van der Waals surface area contributed by atoms with Gasteiger partial charge in [-0.3, -0.25) is 0 Å². The highest BCUT2D eigenvalue weighted by Crippen LogP contribution is 2.14. The van der Waals surface area contributed by atoms with E-state index in [-0.39, 0.29) is 0 Å². The largest absolute Gasteiger partial charge is 0.696 e. The molecule has 0 spiro atoms. The van der Waals surface area contributed by atoms with Crippen molar-refractivity contribution in [3.63, 3.8) is 0 Å². The Hall–Kier alpha value is -1.78. The zero-order chi connectivity index (χ0) is 9.68. The second-order valence-electron chi connectivity index (χ2n) is 2.40. The number of ether oxygens (including phenoxy) is 1. The van der Waals surface area contributed by atoms with Crippen LogP contribution >= 0.6 is 0 Å². The van der Waals surface area contributed by atoms with Crippen LogP contribution in [-0.2, 0) is 0 Å². The van der Waals surface area contributed by atoms with Crippen molar-refractivity contribution >= 4 is 5.69 Å². The van der Waals surface area contributed by atoms with Gasteiger partial charge < -0.3 is 9.94 Å². The summed E-state index contributed by atoms with van der Waals surface area (Å²) < 4.78 is 4.96. The molecule has 13 heavy (non-hydrogen) atoms. The van der Waals surface area contributed by atoms with E-state index in [4.69, 9.17) is 4.74 Å². The number of benzene rings is 1.